The number of tetrazole rings is 1. The first-order valence-electron chi connectivity index (χ1n) is 9.19. The van der Waals surface area contributed by atoms with Crippen LogP contribution in [0.15, 0.2) is 54.9 Å². The van der Waals surface area contributed by atoms with Gasteiger partial charge in [0.2, 0.25) is 11.8 Å². The highest BCUT2D eigenvalue weighted by Crippen LogP contribution is 2.29. The van der Waals surface area contributed by atoms with E-state index >= 15 is 0 Å². The molecule has 1 unspecified atom stereocenters. The smallest absolute Gasteiger partial charge is 0.247 e. The Hall–Kier alpha value is -3.59. The van der Waals surface area contributed by atoms with Crippen molar-refractivity contribution in [2.75, 3.05) is 18.0 Å². The zero-order valence-corrected chi connectivity index (χ0v) is 16.5. The van der Waals surface area contributed by atoms with Crippen LogP contribution in [-0.2, 0) is 20.8 Å². The third kappa shape index (κ3) is 3.92. The molecule has 9 nitrogen and oxygen atoms in total. The average Bonchev–Trinajstić information content (AvgIpc) is 3.29. The summed E-state index contributed by atoms with van der Waals surface area (Å²) in [5.41, 5.74) is 1.84. The molecule has 3 aromatic rings. The largest absolute Gasteiger partial charge is 0.322 e. The second-order valence-corrected chi connectivity index (χ2v) is 7.22. The summed E-state index contributed by atoms with van der Waals surface area (Å²) in [5.74, 6) is -0.656. The molecule has 0 bridgehead atoms. The lowest BCUT2D eigenvalue weighted by atomic mass is 10.0. The molecule has 0 N–H and O–H groups in total. The summed E-state index contributed by atoms with van der Waals surface area (Å²) in [6.45, 7) is -0.427. The average molecular weight is 425 g/mol. The van der Waals surface area contributed by atoms with Gasteiger partial charge in [0.25, 0.3) is 0 Å². The van der Waals surface area contributed by atoms with Crippen LogP contribution in [0.25, 0.3) is 5.69 Å². The Bertz CT molecular complexity index is 1070. The number of halogens is 1. The van der Waals surface area contributed by atoms with Crippen LogP contribution in [0.1, 0.15) is 5.56 Å². The third-order valence-corrected chi connectivity index (χ3v) is 5.12. The molecule has 152 valence electrons. The SMILES string of the molecule is O=CC(Cc1ccccc1)N1CC(=O)N(c2cc(Cl)ccc2-n2cnnn2)CC1=O. The van der Waals surface area contributed by atoms with Gasteiger partial charge < -0.3 is 9.69 Å². The fourth-order valence-corrected chi connectivity index (χ4v) is 3.59. The van der Waals surface area contributed by atoms with E-state index in [9.17, 15) is 14.4 Å². The first-order valence-corrected chi connectivity index (χ1v) is 9.56. The van der Waals surface area contributed by atoms with Gasteiger partial charge in [-0.25, -0.2) is 0 Å². The summed E-state index contributed by atoms with van der Waals surface area (Å²) >= 11 is 6.13. The van der Waals surface area contributed by atoms with E-state index in [2.05, 4.69) is 15.5 Å². The Morgan fingerprint density at radius 3 is 2.53 bits per heavy atom. The van der Waals surface area contributed by atoms with E-state index in [0.717, 1.165) is 5.56 Å². The lowest BCUT2D eigenvalue weighted by molar-refractivity contribution is -0.142. The standard InChI is InChI=1S/C20H17ClN6O3/c21-15-6-7-17(27-13-22-23-24-27)18(9-15)26-11-19(29)25(10-20(26)30)16(12-28)8-14-4-2-1-3-5-14/h1-7,9,12-13,16H,8,10-11H2. The van der Waals surface area contributed by atoms with E-state index in [1.54, 1.807) is 18.2 Å². The van der Waals surface area contributed by atoms with Crippen LogP contribution in [0, 0.1) is 0 Å². The molecule has 1 aliphatic rings. The molecule has 0 radical (unpaired) electrons. The van der Waals surface area contributed by atoms with Crippen molar-refractivity contribution in [3.8, 4) is 5.69 Å². The zero-order valence-electron chi connectivity index (χ0n) is 15.8. The number of anilines is 1. The predicted molar refractivity (Wildman–Crippen MR) is 108 cm³/mol. The Kier molecular flexibility index (Phi) is 5.53. The summed E-state index contributed by atoms with van der Waals surface area (Å²) in [4.78, 5) is 40.2. The van der Waals surface area contributed by atoms with Gasteiger partial charge in [-0.2, -0.15) is 4.68 Å². The minimum atomic E-state index is -0.718. The Morgan fingerprint density at radius 1 is 1.03 bits per heavy atom. The van der Waals surface area contributed by atoms with Gasteiger partial charge in [0.15, 0.2) is 0 Å². The highest BCUT2D eigenvalue weighted by molar-refractivity contribution is 6.31. The maximum absolute atomic E-state index is 13.0. The molecular weight excluding hydrogens is 408 g/mol. The molecule has 1 aliphatic heterocycles. The highest BCUT2D eigenvalue weighted by Gasteiger charge is 2.36. The molecule has 10 heteroatoms. The van der Waals surface area contributed by atoms with E-state index in [-0.39, 0.29) is 24.9 Å². The number of carbonyl (C=O) groups excluding carboxylic acids is 3. The van der Waals surface area contributed by atoms with Crippen molar-refractivity contribution in [2.24, 2.45) is 0 Å². The maximum atomic E-state index is 13.0. The molecule has 2 heterocycles. The molecule has 2 aromatic carbocycles. The molecule has 0 saturated carbocycles. The van der Waals surface area contributed by atoms with E-state index in [1.165, 1.54) is 20.8 Å². The molecule has 4 rings (SSSR count). The summed E-state index contributed by atoms with van der Waals surface area (Å²) in [5, 5.41) is 11.5. The third-order valence-electron chi connectivity index (χ3n) is 4.89. The Morgan fingerprint density at radius 2 is 1.83 bits per heavy atom. The summed E-state index contributed by atoms with van der Waals surface area (Å²) < 4.78 is 1.39. The van der Waals surface area contributed by atoms with E-state index in [4.69, 9.17) is 11.6 Å². The molecule has 30 heavy (non-hydrogen) atoms. The van der Waals surface area contributed by atoms with Crippen LogP contribution in [0.4, 0.5) is 5.69 Å². The van der Waals surface area contributed by atoms with Crippen LogP contribution in [0.5, 0.6) is 0 Å². The minimum absolute atomic E-state index is 0.212. The molecule has 0 aliphatic carbocycles. The summed E-state index contributed by atoms with van der Waals surface area (Å²) in [6.07, 6.45) is 2.44. The fraction of sp³-hybridized carbons (Fsp3) is 0.200. The van der Waals surface area contributed by atoms with Crippen LogP contribution in [0.3, 0.4) is 0 Å². The van der Waals surface area contributed by atoms with Crippen molar-refractivity contribution in [3.05, 3.63) is 65.4 Å². The number of rotatable bonds is 6. The van der Waals surface area contributed by atoms with Crippen LogP contribution in [0.2, 0.25) is 5.02 Å². The molecular formula is C20H17ClN6O3. The molecule has 1 aromatic heterocycles. The van der Waals surface area contributed by atoms with Gasteiger partial charge in [-0.15, -0.1) is 5.10 Å². The number of aromatic nitrogens is 4. The normalized spacial score (nSPS) is 15.4. The molecule has 0 spiro atoms. The van der Waals surface area contributed by atoms with Crippen molar-refractivity contribution in [2.45, 2.75) is 12.5 Å². The summed E-state index contributed by atoms with van der Waals surface area (Å²) in [6, 6.07) is 13.5. The van der Waals surface area contributed by atoms with Crippen LogP contribution >= 0.6 is 11.6 Å². The number of carbonyl (C=O) groups is 3. The van der Waals surface area contributed by atoms with Crippen molar-refractivity contribution in [1.29, 1.82) is 0 Å². The van der Waals surface area contributed by atoms with Gasteiger partial charge >= 0.3 is 0 Å². The predicted octanol–water partition coefficient (Wildman–Crippen LogP) is 1.30. The Balaban J connectivity index is 1.59. The molecule has 1 atom stereocenters. The number of benzene rings is 2. The first-order chi connectivity index (χ1) is 14.6. The van der Waals surface area contributed by atoms with E-state index in [1.807, 2.05) is 30.3 Å². The van der Waals surface area contributed by atoms with Gasteiger partial charge in [0.05, 0.1) is 17.4 Å². The maximum Gasteiger partial charge on any atom is 0.247 e. The number of hydrogen-bond acceptors (Lipinski definition) is 6. The van der Waals surface area contributed by atoms with E-state index in [0.29, 0.717) is 29.1 Å². The van der Waals surface area contributed by atoms with Gasteiger partial charge in [0, 0.05) is 5.02 Å². The summed E-state index contributed by atoms with van der Waals surface area (Å²) in [7, 11) is 0. The van der Waals surface area contributed by atoms with Crippen LogP contribution in [-0.4, -0.2) is 62.3 Å². The monoisotopic (exact) mass is 424 g/mol. The van der Waals surface area contributed by atoms with Crippen LogP contribution < -0.4 is 4.90 Å². The number of piperazine rings is 1. The van der Waals surface area contributed by atoms with Gasteiger partial charge in [-0.05, 0) is 40.6 Å². The van der Waals surface area contributed by atoms with Gasteiger partial charge in [0.1, 0.15) is 25.7 Å². The van der Waals surface area contributed by atoms with Crippen molar-refractivity contribution < 1.29 is 14.4 Å². The lowest BCUT2D eigenvalue weighted by Crippen LogP contribution is -2.58. The quantitative estimate of drug-likeness (QED) is 0.553. The van der Waals surface area contributed by atoms with Gasteiger partial charge in [-0.3, -0.25) is 14.5 Å². The zero-order chi connectivity index (χ0) is 21.1. The Labute approximate surface area is 176 Å². The molecule has 2 amide bonds. The van der Waals surface area contributed by atoms with E-state index < -0.39 is 6.04 Å². The van der Waals surface area contributed by atoms with Gasteiger partial charge in [-0.1, -0.05) is 41.9 Å². The van der Waals surface area contributed by atoms with Crippen molar-refractivity contribution in [3.63, 3.8) is 0 Å². The second kappa shape index (κ2) is 8.42. The lowest BCUT2D eigenvalue weighted by Gasteiger charge is -2.37. The number of amides is 2. The highest BCUT2D eigenvalue weighted by atomic mass is 35.5. The minimum Gasteiger partial charge on any atom is -0.322 e. The first kappa shape index (κ1) is 19.7. The number of aldehydes is 1. The topological polar surface area (TPSA) is 101 Å². The fourth-order valence-electron chi connectivity index (χ4n) is 3.42. The molecule has 1 fully saturated rings. The van der Waals surface area contributed by atoms with Crippen molar-refractivity contribution >= 4 is 35.4 Å². The number of nitrogens with zero attached hydrogens (tertiary/aromatic N) is 6. The second-order valence-electron chi connectivity index (χ2n) is 6.78. The number of hydrogen-bond donors (Lipinski definition) is 0. The van der Waals surface area contributed by atoms with Crippen molar-refractivity contribution in [1.82, 2.24) is 25.1 Å². The molecule has 1 saturated heterocycles.